The number of nitrogens with one attached hydrogen (secondary N) is 2. The average molecular weight is 687 g/mol. The number of hydrogen-bond donors (Lipinski definition) is 2. The number of aromatic nitrogens is 1. The van der Waals surface area contributed by atoms with E-state index in [0.717, 1.165) is 37.7 Å². The van der Waals surface area contributed by atoms with Crippen molar-refractivity contribution in [1.29, 1.82) is 0 Å². The molecule has 0 saturated carbocycles. The standard InChI is InChI=1S/C30H20BrCl3N4O2S/c31-25-13-18(1-12-28(25)40-16-21-6-7-23(33)14-26(21)34)15-35-38-29(39)20-4-2-19(3-5-20)27-17-41-30(37-27)36-24-10-8-22(32)9-11-24/h1-15,17H,16H2,(H,36,37)(H,38,39)/b35-15-. The lowest BCUT2D eigenvalue weighted by Crippen LogP contribution is -2.17. The lowest BCUT2D eigenvalue weighted by atomic mass is 10.1. The number of hydrazone groups is 1. The number of benzene rings is 4. The van der Waals surface area contributed by atoms with Crippen molar-refractivity contribution >= 4 is 85.0 Å². The highest BCUT2D eigenvalue weighted by molar-refractivity contribution is 9.10. The molecule has 0 atom stereocenters. The summed E-state index contributed by atoms with van der Waals surface area (Å²) >= 11 is 23.1. The van der Waals surface area contributed by atoms with Crippen LogP contribution in [0.15, 0.2) is 99.9 Å². The minimum atomic E-state index is -0.324. The maximum atomic E-state index is 12.6. The third-order valence-corrected chi connectivity index (χ3v) is 7.99. The molecule has 0 fully saturated rings. The Morgan fingerprint density at radius 2 is 1.71 bits per heavy atom. The van der Waals surface area contributed by atoms with Crippen LogP contribution in [-0.2, 0) is 6.61 Å². The van der Waals surface area contributed by atoms with Gasteiger partial charge in [-0.2, -0.15) is 5.10 Å². The topological polar surface area (TPSA) is 75.6 Å². The second kappa shape index (κ2) is 13.5. The molecule has 0 spiro atoms. The monoisotopic (exact) mass is 684 g/mol. The molecular weight excluding hydrogens is 667 g/mol. The van der Waals surface area contributed by atoms with Gasteiger partial charge in [0.15, 0.2) is 5.13 Å². The van der Waals surface area contributed by atoms with Crippen molar-refractivity contribution in [3.63, 3.8) is 0 Å². The number of ether oxygens (including phenoxy) is 1. The van der Waals surface area contributed by atoms with Crippen LogP contribution in [0.25, 0.3) is 11.3 Å². The normalized spacial score (nSPS) is 11.0. The summed E-state index contributed by atoms with van der Waals surface area (Å²) in [7, 11) is 0. The van der Waals surface area contributed by atoms with Crippen LogP contribution in [0, 0.1) is 0 Å². The van der Waals surface area contributed by atoms with E-state index in [-0.39, 0.29) is 5.91 Å². The Balaban J connectivity index is 1.14. The largest absolute Gasteiger partial charge is 0.488 e. The van der Waals surface area contributed by atoms with Gasteiger partial charge in [-0.05, 0) is 88.2 Å². The van der Waals surface area contributed by atoms with Crippen LogP contribution >= 0.6 is 62.1 Å². The van der Waals surface area contributed by atoms with Crippen LogP contribution in [0.4, 0.5) is 10.8 Å². The van der Waals surface area contributed by atoms with E-state index in [4.69, 9.17) is 39.5 Å². The highest BCUT2D eigenvalue weighted by atomic mass is 79.9. The summed E-state index contributed by atoms with van der Waals surface area (Å²) < 4.78 is 6.61. The Labute approximate surface area is 264 Å². The van der Waals surface area contributed by atoms with Crippen molar-refractivity contribution in [3.05, 3.63) is 127 Å². The molecule has 1 heterocycles. The molecule has 41 heavy (non-hydrogen) atoms. The van der Waals surface area contributed by atoms with Crippen LogP contribution in [-0.4, -0.2) is 17.1 Å². The minimum Gasteiger partial charge on any atom is -0.488 e. The third-order valence-electron chi connectivity index (χ3n) is 5.78. The summed E-state index contributed by atoms with van der Waals surface area (Å²) in [4.78, 5) is 17.2. The number of rotatable bonds is 9. The maximum Gasteiger partial charge on any atom is 0.271 e. The van der Waals surface area contributed by atoms with Crippen molar-refractivity contribution in [2.75, 3.05) is 5.32 Å². The average Bonchev–Trinajstić information content (AvgIpc) is 3.43. The van der Waals surface area contributed by atoms with Gasteiger partial charge >= 0.3 is 0 Å². The fourth-order valence-electron chi connectivity index (χ4n) is 3.65. The number of hydrogen-bond acceptors (Lipinski definition) is 6. The van der Waals surface area contributed by atoms with Gasteiger partial charge in [0.05, 0.1) is 16.4 Å². The Hall–Kier alpha value is -3.40. The number of anilines is 2. The zero-order chi connectivity index (χ0) is 28.8. The molecule has 0 saturated heterocycles. The van der Waals surface area contributed by atoms with Crippen molar-refractivity contribution in [2.45, 2.75) is 6.61 Å². The molecule has 1 aromatic heterocycles. The summed E-state index contributed by atoms with van der Waals surface area (Å²) in [6, 6.07) is 25.4. The van der Waals surface area contributed by atoms with Gasteiger partial charge in [0.25, 0.3) is 5.91 Å². The van der Waals surface area contributed by atoms with Gasteiger partial charge in [-0.3, -0.25) is 4.79 Å². The number of amides is 1. The van der Waals surface area contributed by atoms with Crippen molar-refractivity contribution in [1.82, 2.24) is 10.4 Å². The second-order valence-corrected chi connectivity index (χ2v) is 11.7. The molecule has 0 aliphatic carbocycles. The van der Waals surface area contributed by atoms with Gasteiger partial charge in [0, 0.05) is 42.8 Å². The molecule has 4 aromatic carbocycles. The van der Waals surface area contributed by atoms with E-state index in [0.29, 0.717) is 33.0 Å². The van der Waals surface area contributed by atoms with Gasteiger partial charge in [0.1, 0.15) is 12.4 Å². The van der Waals surface area contributed by atoms with Gasteiger partial charge in [-0.1, -0.05) is 53.0 Å². The molecule has 11 heteroatoms. The third kappa shape index (κ3) is 7.87. The minimum absolute atomic E-state index is 0.292. The van der Waals surface area contributed by atoms with Gasteiger partial charge in [0.2, 0.25) is 0 Å². The molecule has 1 amide bonds. The molecular formula is C30H20BrCl3N4O2S. The highest BCUT2D eigenvalue weighted by Gasteiger charge is 2.09. The van der Waals surface area contributed by atoms with E-state index in [1.54, 1.807) is 30.5 Å². The molecule has 0 aliphatic heterocycles. The van der Waals surface area contributed by atoms with Crippen molar-refractivity contribution < 1.29 is 9.53 Å². The first-order chi connectivity index (χ1) is 19.8. The van der Waals surface area contributed by atoms with E-state index in [2.05, 4.69) is 36.8 Å². The summed E-state index contributed by atoms with van der Waals surface area (Å²) in [5, 5.41) is 11.9. The fourth-order valence-corrected chi connectivity index (χ4v) is 5.49. The highest BCUT2D eigenvalue weighted by Crippen LogP contribution is 2.29. The Kier molecular flexibility index (Phi) is 9.59. The Morgan fingerprint density at radius 1 is 0.951 bits per heavy atom. The Bertz CT molecular complexity index is 1710. The molecule has 0 bridgehead atoms. The zero-order valence-corrected chi connectivity index (χ0v) is 25.7. The first-order valence-corrected chi connectivity index (χ1v) is 14.9. The smallest absolute Gasteiger partial charge is 0.271 e. The quantitative estimate of drug-likeness (QED) is 0.120. The molecule has 206 valence electrons. The lowest BCUT2D eigenvalue weighted by molar-refractivity contribution is 0.0955. The first-order valence-electron chi connectivity index (χ1n) is 12.1. The van der Waals surface area contributed by atoms with E-state index < -0.39 is 0 Å². The van der Waals surface area contributed by atoms with Crippen LogP contribution < -0.4 is 15.5 Å². The predicted molar refractivity (Wildman–Crippen MR) is 172 cm³/mol. The van der Waals surface area contributed by atoms with Gasteiger partial charge in [-0.25, -0.2) is 10.4 Å². The molecule has 2 N–H and O–H groups in total. The number of carbonyl (C=O) groups excluding carboxylic acids is 1. The SMILES string of the molecule is O=C(N/N=C\c1ccc(OCc2ccc(Cl)cc2Cl)c(Br)c1)c1ccc(-c2csc(Nc3ccc(Cl)cc3)n2)cc1. The Morgan fingerprint density at radius 3 is 2.44 bits per heavy atom. The molecule has 0 unspecified atom stereocenters. The summed E-state index contributed by atoms with van der Waals surface area (Å²) in [5.41, 5.74) is 7.25. The first kappa shape index (κ1) is 29.1. The second-order valence-electron chi connectivity index (χ2n) is 8.66. The van der Waals surface area contributed by atoms with Crippen LogP contribution in [0.3, 0.4) is 0 Å². The summed E-state index contributed by atoms with van der Waals surface area (Å²) in [6.45, 7) is 0.292. The summed E-state index contributed by atoms with van der Waals surface area (Å²) in [6.07, 6.45) is 1.56. The number of carbonyl (C=O) groups is 1. The molecule has 6 nitrogen and oxygen atoms in total. The van der Waals surface area contributed by atoms with E-state index >= 15 is 0 Å². The van der Waals surface area contributed by atoms with Crippen molar-refractivity contribution in [3.8, 4) is 17.0 Å². The fraction of sp³-hybridized carbons (Fsp3) is 0.0333. The maximum absolute atomic E-state index is 12.6. The van der Waals surface area contributed by atoms with E-state index in [1.165, 1.54) is 11.3 Å². The van der Waals surface area contributed by atoms with E-state index in [9.17, 15) is 4.79 Å². The van der Waals surface area contributed by atoms with Crippen molar-refractivity contribution in [2.24, 2.45) is 5.10 Å². The van der Waals surface area contributed by atoms with Crippen LogP contribution in [0.1, 0.15) is 21.5 Å². The number of nitrogens with zero attached hydrogens (tertiary/aromatic N) is 2. The van der Waals surface area contributed by atoms with Gasteiger partial charge in [-0.15, -0.1) is 11.3 Å². The molecule has 0 radical (unpaired) electrons. The van der Waals surface area contributed by atoms with Gasteiger partial charge < -0.3 is 10.1 Å². The van der Waals surface area contributed by atoms with Crippen LogP contribution in [0.5, 0.6) is 5.75 Å². The van der Waals surface area contributed by atoms with E-state index in [1.807, 2.05) is 66.0 Å². The molecule has 5 aromatic rings. The lowest BCUT2D eigenvalue weighted by Gasteiger charge is -2.10. The zero-order valence-electron chi connectivity index (χ0n) is 21.1. The molecule has 5 rings (SSSR count). The van der Waals surface area contributed by atoms with Crippen LogP contribution in [0.2, 0.25) is 15.1 Å². The number of thiazole rings is 1. The molecule has 0 aliphatic rings. The number of halogens is 4. The summed E-state index contributed by atoms with van der Waals surface area (Å²) in [5.74, 6) is 0.320. The predicted octanol–water partition coefficient (Wildman–Crippen LogP) is 9.62.